The van der Waals surface area contributed by atoms with E-state index < -0.39 is 0 Å². The third kappa shape index (κ3) is 2.23. The van der Waals surface area contributed by atoms with Crippen LogP contribution in [0.4, 0.5) is 0 Å². The topological polar surface area (TPSA) is 0 Å². The summed E-state index contributed by atoms with van der Waals surface area (Å²) in [5.74, 6) is 0. The van der Waals surface area contributed by atoms with Gasteiger partial charge in [0.2, 0.25) is 0 Å². The van der Waals surface area contributed by atoms with Crippen LogP contribution in [-0.2, 0) is 0 Å². The molecule has 0 saturated carbocycles. The fourth-order valence-electron chi connectivity index (χ4n) is 1.88. The van der Waals surface area contributed by atoms with Crippen molar-refractivity contribution in [2.45, 2.75) is 0 Å². The Bertz CT molecular complexity index is 499. The van der Waals surface area contributed by atoms with Crippen LogP contribution >= 0.6 is 0 Å². The van der Waals surface area contributed by atoms with Gasteiger partial charge in [-0.05, 0) is 33.7 Å². The van der Waals surface area contributed by atoms with Crippen LogP contribution in [-0.4, -0.2) is 0 Å². The maximum absolute atomic E-state index is 2.24. The van der Waals surface area contributed by atoms with Gasteiger partial charge in [-0.25, -0.2) is 0 Å². The molecule has 0 unspecified atom stereocenters. The Morgan fingerprint density at radius 3 is 1.07 bits per heavy atom. The Kier molecular flexibility index (Phi) is 3.73. The van der Waals surface area contributed by atoms with E-state index in [4.69, 9.17) is 0 Å². The van der Waals surface area contributed by atoms with E-state index in [0.29, 0.717) is 0 Å². The largest absolute Gasteiger partial charge is 1.00 e. The Hall–Kier alpha value is -0.0148. The van der Waals surface area contributed by atoms with Crippen LogP contribution in [0.1, 0.15) is 1.43 Å². The fraction of sp³-hybridized carbons (Fsp3) is 0. The minimum atomic E-state index is 0. The molecule has 0 saturated heterocycles. The minimum Gasteiger partial charge on any atom is -1.00 e. The third-order valence-electron chi connectivity index (χ3n) is 2.61. The number of hydrogen-bond acceptors (Lipinski definition) is 0. The van der Waals surface area contributed by atoms with Crippen molar-refractivity contribution in [2.75, 3.05) is 0 Å². The molecule has 0 aliphatic rings. The smallest absolute Gasteiger partial charge is 1.00 e. The SMILES string of the molecule is [H-].[Rb+].c1ccc2cc3ccccc3cc2c1. The van der Waals surface area contributed by atoms with E-state index in [0.717, 1.165) is 0 Å². The second kappa shape index (κ2) is 4.88. The molecule has 3 aromatic carbocycles. The average molecular weight is 265 g/mol. The molecule has 0 heterocycles. The Morgan fingerprint density at radius 1 is 0.533 bits per heavy atom. The van der Waals surface area contributed by atoms with Crippen molar-refractivity contribution in [1.82, 2.24) is 0 Å². The van der Waals surface area contributed by atoms with E-state index in [-0.39, 0.29) is 59.6 Å². The summed E-state index contributed by atoms with van der Waals surface area (Å²) in [6.45, 7) is 0. The van der Waals surface area contributed by atoms with E-state index in [9.17, 15) is 0 Å². The molecule has 0 nitrogen and oxygen atoms in total. The molecular weight excluding hydrogens is 254 g/mol. The number of fused-ring (bicyclic) bond motifs is 2. The predicted octanol–water partition coefficient (Wildman–Crippen LogP) is 1.11. The van der Waals surface area contributed by atoms with Gasteiger partial charge in [-0.2, -0.15) is 0 Å². The molecule has 0 amide bonds. The van der Waals surface area contributed by atoms with Crippen molar-refractivity contribution >= 4 is 21.5 Å². The number of benzene rings is 3. The molecule has 3 aromatic rings. The molecule has 0 radical (unpaired) electrons. The van der Waals surface area contributed by atoms with Crippen molar-refractivity contribution in [2.24, 2.45) is 0 Å². The molecule has 0 spiro atoms. The molecule has 0 aliphatic heterocycles. The normalized spacial score (nSPS) is 10.1. The van der Waals surface area contributed by atoms with Crippen LogP contribution in [0.3, 0.4) is 0 Å². The van der Waals surface area contributed by atoms with Gasteiger partial charge in [0.1, 0.15) is 0 Å². The van der Waals surface area contributed by atoms with Gasteiger partial charge in [0.15, 0.2) is 0 Å². The van der Waals surface area contributed by atoms with Gasteiger partial charge < -0.3 is 1.43 Å². The molecule has 0 fully saturated rings. The maximum atomic E-state index is 2.24. The van der Waals surface area contributed by atoms with E-state index >= 15 is 0 Å². The van der Waals surface area contributed by atoms with E-state index in [1.54, 1.807) is 0 Å². The van der Waals surface area contributed by atoms with Crippen LogP contribution in [0.25, 0.3) is 21.5 Å². The molecule has 0 aliphatic carbocycles. The molecule has 1 heteroatoms. The Balaban J connectivity index is 0.000000640. The predicted molar refractivity (Wildman–Crippen MR) is 62.6 cm³/mol. The molecule has 68 valence electrons. The van der Waals surface area contributed by atoms with Crippen molar-refractivity contribution in [3.63, 3.8) is 0 Å². The summed E-state index contributed by atoms with van der Waals surface area (Å²) in [5.41, 5.74) is 0. The third-order valence-corrected chi connectivity index (χ3v) is 2.61. The van der Waals surface area contributed by atoms with E-state index in [1.807, 2.05) is 0 Å². The second-order valence-corrected chi connectivity index (χ2v) is 3.55. The summed E-state index contributed by atoms with van der Waals surface area (Å²) in [6.07, 6.45) is 0. The van der Waals surface area contributed by atoms with Crippen molar-refractivity contribution in [3.05, 3.63) is 60.7 Å². The van der Waals surface area contributed by atoms with Gasteiger partial charge in [0, 0.05) is 0 Å². The first-order valence-electron chi connectivity index (χ1n) is 4.81. The zero-order valence-corrected chi connectivity index (χ0v) is 13.7. The second-order valence-electron chi connectivity index (χ2n) is 3.55. The summed E-state index contributed by atoms with van der Waals surface area (Å²) in [4.78, 5) is 0. The molecule has 0 aromatic heterocycles. The van der Waals surface area contributed by atoms with Crippen molar-refractivity contribution < 1.29 is 59.6 Å². The quantitative estimate of drug-likeness (QED) is 0.534. The average Bonchev–Trinajstić information content (AvgIpc) is 2.26. The standard InChI is InChI=1S/C14H10.Rb.H/c1-2-6-12-10-14-8-4-3-7-13(14)9-11(12)5-1;;/h1-10H;;/q;+1;-1. The molecule has 0 N–H and O–H groups in total. The summed E-state index contributed by atoms with van der Waals surface area (Å²) in [6, 6.07) is 21.4. The van der Waals surface area contributed by atoms with E-state index in [2.05, 4.69) is 60.7 Å². The zero-order valence-electron chi connectivity index (χ0n) is 9.77. The van der Waals surface area contributed by atoms with Gasteiger partial charge in [-0.15, -0.1) is 0 Å². The summed E-state index contributed by atoms with van der Waals surface area (Å²) in [7, 11) is 0. The maximum Gasteiger partial charge on any atom is 1.00 e. The van der Waals surface area contributed by atoms with Gasteiger partial charge in [-0.3, -0.25) is 0 Å². The fourth-order valence-corrected chi connectivity index (χ4v) is 1.88. The Labute approximate surface area is 140 Å². The monoisotopic (exact) mass is 264 g/mol. The number of hydrogen-bond donors (Lipinski definition) is 0. The molecule has 0 bridgehead atoms. The van der Waals surface area contributed by atoms with Crippen LogP contribution in [0, 0.1) is 0 Å². The van der Waals surface area contributed by atoms with Crippen molar-refractivity contribution in [1.29, 1.82) is 0 Å². The van der Waals surface area contributed by atoms with Crippen LogP contribution in [0.15, 0.2) is 60.7 Å². The Morgan fingerprint density at radius 2 is 0.800 bits per heavy atom. The van der Waals surface area contributed by atoms with Gasteiger partial charge in [-0.1, -0.05) is 48.5 Å². The van der Waals surface area contributed by atoms with Gasteiger partial charge >= 0.3 is 58.2 Å². The van der Waals surface area contributed by atoms with Gasteiger partial charge in [0.25, 0.3) is 0 Å². The van der Waals surface area contributed by atoms with Crippen LogP contribution in [0.2, 0.25) is 0 Å². The summed E-state index contributed by atoms with van der Waals surface area (Å²) in [5, 5.41) is 5.25. The van der Waals surface area contributed by atoms with Crippen LogP contribution in [0.5, 0.6) is 0 Å². The first-order chi connectivity index (χ1) is 6.93. The van der Waals surface area contributed by atoms with Gasteiger partial charge in [0.05, 0.1) is 0 Å². The van der Waals surface area contributed by atoms with Crippen LogP contribution < -0.4 is 58.2 Å². The zero-order chi connectivity index (χ0) is 9.38. The summed E-state index contributed by atoms with van der Waals surface area (Å²) < 4.78 is 0. The molecular formula is C14H11Rb. The first-order valence-corrected chi connectivity index (χ1v) is 4.81. The number of rotatable bonds is 0. The van der Waals surface area contributed by atoms with Crippen molar-refractivity contribution in [3.8, 4) is 0 Å². The first kappa shape index (κ1) is 11.5. The molecule has 0 atom stereocenters. The van der Waals surface area contributed by atoms with E-state index in [1.165, 1.54) is 21.5 Å². The minimum absolute atomic E-state index is 0. The molecule has 3 rings (SSSR count). The molecule has 15 heavy (non-hydrogen) atoms. The summed E-state index contributed by atoms with van der Waals surface area (Å²) >= 11 is 0.